The van der Waals surface area contributed by atoms with Crippen LogP contribution < -0.4 is 10.6 Å². The Labute approximate surface area is 115 Å². The monoisotopic (exact) mass is 267 g/mol. The van der Waals surface area contributed by atoms with Crippen molar-refractivity contribution in [3.8, 4) is 0 Å². The fraction of sp³-hybridized carbons (Fsp3) is 0.692. The molecule has 2 N–H and O–H groups in total. The first-order valence-electron chi connectivity index (χ1n) is 6.74. The Morgan fingerprint density at radius 1 is 1.37 bits per heavy atom. The number of nitrogens with one attached hydrogen (secondary N) is 2. The lowest BCUT2D eigenvalue weighted by Gasteiger charge is -2.30. The van der Waals surface area contributed by atoms with Gasteiger partial charge in [-0.15, -0.1) is 0 Å². The van der Waals surface area contributed by atoms with E-state index in [1.165, 1.54) is 24.3 Å². The molecule has 6 nitrogen and oxygen atoms in total. The van der Waals surface area contributed by atoms with E-state index < -0.39 is 0 Å². The van der Waals surface area contributed by atoms with Crippen LogP contribution >= 0.6 is 0 Å². The summed E-state index contributed by atoms with van der Waals surface area (Å²) in [5.74, 6) is -0.0826. The van der Waals surface area contributed by atoms with Crippen LogP contribution in [0.15, 0.2) is 16.9 Å². The van der Waals surface area contributed by atoms with E-state index in [2.05, 4.69) is 27.4 Å². The molecule has 1 fully saturated rings. The van der Waals surface area contributed by atoms with Gasteiger partial charge in [0, 0.05) is 25.0 Å². The van der Waals surface area contributed by atoms with Crippen LogP contribution in [0.3, 0.4) is 0 Å². The van der Waals surface area contributed by atoms with Gasteiger partial charge in [0.05, 0.1) is 0 Å². The third kappa shape index (κ3) is 5.40. The smallest absolute Gasteiger partial charge is 0.270 e. The van der Waals surface area contributed by atoms with Gasteiger partial charge in [0.25, 0.3) is 5.91 Å². The molecule has 0 aliphatic carbocycles. The lowest BCUT2D eigenvalue weighted by molar-refractivity contribution is -0.127. The largest absolute Gasteiger partial charge is 0.368 e. The molecule has 108 valence electrons. The summed E-state index contributed by atoms with van der Waals surface area (Å²) in [6.45, 7) is 6.90. The molecular formula is C13H25N5O. The lowest BCUT2D eigenvalue weighted by Crippen LogP contribution is -2.43. The first-order valence-corrected chi connectivity index (χ1v) is 6.74. The second-order valence-corrected chi connectivity index (χ2v) is 4.72. The fourth-order valence-corrected chi connectivity index (χ4v) is 2.11. The van der Waals surface area contributed by atoms with Crippen LogP contribution in [0.4, 0.5) is 0 Å². The van der Waals surface area contributed by atoms with Gasteiger partial charge in [-0.05, 0) is 40.0 Å². The molecule has 6 heteroatoms. The second kappa shape index (κ2) is 8.66. The SMILES string of the molecule is C=NN1CNC(CN2CCCCC2)=CC1=O.CNC. The van der Waals surface area contributed by atoms with Gasteiger partial charge in [0.1, 0.15) is 6.67 Å². The van der Waals surface area contributed by atoms with Gasteiger partial charge in [-0.25, -0.2) is 5.01 Å². The van der Waals surface area contributed by atoms with E-state index in [0.717, 1.165) is 25.3 Å². The summed E-state index contributed by atoms with van der Waals surface area (Å²) in [5, 5.41) is 10.9. The summed E-state index contributed by atoms with van der Waals surface area (Å²) in [4.78, 5) is 13.9. The van der Waals surface area contributed by atoms with E-state index in [0.29, 0.717) is 6.67 Å². The zero-order valence-electron chi connectivity index (χ0n) is 12.0. The zero-order valence-corrected chi connectivity index (χ0v) is 12.0. The van der Waals surface area contributed by atoms with Crippen LogP contribution in [0.1, 0.15) is 19.3 Å². The Morgan fingerprint density at radius 2 is 2.00 bits per heavy atom. The molecule has 19 heavy (non-hydrogen) atoms. The molecule has 2 aliphatic heterocycles. The summed E-state index contributed by atoms with van der Waals surface area (Å²) < 4.78 is 0. The topological polar surface area (TPSA) is 60.0 Å². The van der Waals surface area contributed by atoms with Crippen molar-refractivity contribution < 1.29 is 4.79 Å². The highest BCUT2D eigenvalue weighted by atomic mass is 16.2. The number of nitrogens with zero attached hydrogens (tertiary/aromatic N) is 3. The van der Waals surface area contributed by atoms with Gasteiger partial charge in [-0.3, -0.25) is 9.69 Å². The van der Waals surface area contributed by atoms with Crippen molar-refractivity contribution >= 4 is 12.6 Å². The van der Waals surface area contributed by atoms with E-state index in [1.54, 1.807) is 6.08 Å². The summed E-state index contributed by atoms with van der Waals surface area (Å²) >= 11 is 0. The van der Waals surface area contributed by atoms with Crippen molar-refractivity contribution in [1.82, 2.24) is 20.5 Å². The fourth-order valence-electron chi connectivity index (χ4n) is 2.11. The minimum Gasteiger partial charge on any atom is -0.368 e. The Morgan fingerprint density at radius 3 is 2.53 bits per heavy atom. The van der Waals surface area contributed by atoms with Gasteiger partial charge >= 0.3 is 0 Å². The van der Waals surface area contributed by atoms with E-state index in [4.69, 9.17) is 0 Å². The van der Waals surface area contributed by atoms with Gasteiger partial charge in [-0.2, -0.15) is 5.10 Å². The number of hydrogen-bond donors (Lipinski definition) is 2. The summed E-state index contributed by atoms with van der Waals surface area (Å²) in [7, 11) is 3.75. The number of piperidine rings is 1. The van der Waals surface area contributed by atoms with Crippen LogP contribution in [0, 0.1) is 0 Å². The molecule has 0 aromatic rings. The summed E-state index contributed by atoms with van der Waals surface area (Å²) in [5.41, 5.74) is 0.992. The minimum atomic E-state index is -0.0826. The highest BCUT2D eigenvalue weighted by Crippen LogP contribution is 2.11. The van der Waals surface area contributed by atoms with Crippen LogP contribution in [0.5, 0.6) is 0 Å². The predicted octanol–water partition coefficient (Wildman–Crippen LogP) is 0.197. The third-order valence-electron chi connectivity index (χ3n) is 3.02. The van der Waals surface area contributed by atoms with E-state index in [1.807, 2.05) is 14.1 Å². The highest BCUT2D eigenvalue weighted by Gasteiger charge is 2.19. The zero-order chi connectivity index (χ0) is 14.1. The van der Waals surface area contributed by atoms with Gasteiger partial charge < -0.3 is 10.6 Å². The van der Waals surface area contributed by atoms with E-state index in [9.17, 15) is 4.79 Å². The standard InChI is InChI=1S/C11H18N4O.C2H7N/c1-12-15-9-13-10(7-11(15)16)8-14-5-3-2-4-6-14;1-3-2/h7,13H,1-6,8-9H2;3H,1-2H3. The number of carbonyl (C=O) groups excluding carboxylic acids is 1. The van der Waals surface area contributed by atoms with Crippen LogP contribution in [-0.2, 0) is 4.79 Å². The maximum Gasteiger partial charge on any atom is 0.270 e. The molecule has 0 aromatic heterocycles. The number of carbonyl (C=O) groups is 1. The van der Waals surface area contributed by atoms with Crippen molar-refractivity contribution in [1.29, 1.82) is 0 Å². The van der Waals surface area contributed by atoms with Crippen molar-refractivity contribution in [3.63, 3.8) is 0 Å². The van der Waals surface area contributed by atoms with Crippen LogP contribution in [0.25, 0.3) is 0 Å². The molecule has 2 aliphatic rings. The maximum absolute atomic E-state index is 11.5. The summed E-state index contributed by atoms with van der Waals surface area (Å²) in [6, 6.07) is 0. The number of rotatable bonds is 3. The Hall–Kier alpha value is -1.40. The molecule has 1 amide bonds. The van der Waals surface area contributed by atoms with Gasteiger partial charge in [0.15, 0.2) is 0 Å². The normalized spacial score (nSPS) is 20.0. The van der Waals surface area contributed by atoms with Crippen molar-refractivity contribution in [2.75, 3.05) is 40.4 Å². The Balaban J connectivity index is 0.000000550. The molecule has 0 bridgehead atoms. The average Bonchev–Trinajstić information content (AvgIpc) is 2.41. The molecule has 0 saturated carbocycles. The molecule has 0 spiro atoms. The molecular weight excluding hydrogens is 242 g/mol. The Bertz CT molecular complexity index is 323. The third-order valence-corrected chi connectivity index (χ3v) is 3.02. The van der Waals surface area contributed by atoms with Gasteiger partial charge in [-0.1, -0.05) is 6.42 Å². The van der Waals surface area contributed by atoms with Crippen LogP contribution in [-0.4, -0.2) is 62.9 Å². The molecule has 0 aromatic carbocycles. The Kier molecular flexibility index (Phi) is 7.14. The molecule has 1 saturated heterocycles. The molecule has 0 atom stereocenters. The maximum atomic E-state index is 11.5. The van der Waals surface area contributed by atoms with Crippen molar-refractivity contribution in [2.24, 2.45) is 5.10 Å². The van der Waals surface area contributed by atoms with Crippen LogP contribution in [0.2, 0.25) is 0 Å². The lowest BCUT2D eigenvalue weighted by atomic mass is 10.1. The van der Waals surface area contributed by atoms with E-state index >= 15 is 0 Å². The predicted molar refractivity (Wildman–Crippen MR) is 77.8 cm³/mol. The van der Waals surface area contributed by atoms with Gasteiger partial charge in [0.2, 0.25) is 0 Å². The second-order valence-electron chi connectivity index (χ2n) is 4.72. The van der Waals surface area contributed by atoms with Crippen molar-refractivity contribution in [3.05, 3.63) is 11.8 Å². The number of amides is 1. The molecule has 2 rings (SSSR count). The molecule has 0 unspecified atom stereocenters. The number of hydrogen-bond acceptors (Lipinski definition) is 5. The molecule has 2 heterocycles. The molecule has 0 radical (unpaired) electrons. The summed E-state index contributed by atoms with van der Waals surface area (Å²) in [6.07, 6.45) is 5.48. The quantitative estimate of drug-likeness (QED) is 0.717. The van der Waals surface area contributed by atoms with E-state index in [-0.39, 0.29) is 5.91 Å². The first-order chi connectivity index (χ1) is 9.21. The minimum absolute atomic E-state index is 0.0826. The number of likely N-dealkylation sites (tertiary alicyclic amines) is 1. The number of hydrazone groups is 1. The average molecular weight is 267 g/mol. The van der Waals surface area contributed by atoms with Crippen molar-refractivity contribution in [2.45, 2.75) is 19.3 Å². The highest BCUT2D eigenvalue weighted by molar-refractivity contribution is 5.89. The first kappa shape index (κ1) is 15.7.